The molecule has 0 rings (SSSR count). The van der Waals surface area contributed by atoms with Gasteiger partial charge < -0.3 is 0 Å². The molecule has 0 aromatic heterocycles. The zero-order valence-electron chi connectivity index (χ0n) is 7.78. The molecule has 0 aromatic carbocycles. The second-order valence-corrected chi connectivity index (χ2v) is 6.09. The van der Waals surface area contributed by atoms with Gasteiger partial charge in [-0.2, -0.15) is 0 Å². The number of hydrogen-bond donors (Lipinski definition) is 4. The summed E-state index contributed by atoms with van der Waals surface area (Å²) in [4.78, 5) is 18.9. The number of nitrogens with two attached hydrogens (primary N) is 1. The molecule has 0 aliphatic carbocycles. The molecule has 0 radical (unpaired) electrons. The Balaban J connectivity index is 4.26. The molecular weight excluding hydrogens is 175 g/mol. The van der Waals surface area contributed by atoms with Crippen molar-refractivity contribution in [3.8, 4) is 0 Å². The van der Waals surface area contributed by atoms with Crippen molar-refractivity contribution < 1.29 is 9.79 Å². The predicted octanol–water partition coefficient (Wildman–Crippen LogP) is 1.15. The maximum Gasteiger partial charge on any atom is 0.331 e. The van der Waals surface area contributed by atoms with Gasteiger partial charge in [0.15, 0.2) is 5.78 Å². The van der Waals surface area contributed by atoms with Crippen LogP contribution in [0.1, 0.15) is 27.2 Å². The first-order valence-corrected chi connectivity index (χ1v) is 5.72. The highest BCUT2D eigenvalue weighted by atomic mass is 31.2. The molecule has 0 spiro atoms. The zero-order chi connectivity index (χ0) is 9.94. The lowest BCUT2D eigenvalue weighted by Gasteiger charge is -2.16. The molecule has 0 aromatic rings. The first-order chi connectivity index (χ1) is 5.28. The van der Waals surface area contributed by atoms with E-state index in [-0.39, 0.29) is 11.4 Å². The molecular formula is C7H18N2O2P+. The standard InChI is InChI=1S/C7H18N2O2P/c1-5(2)4-7(9)12(10,11)6(3)8/h5-6,9-11H,4,8H2,1-3H3/q+1. The van der Waals surface area contributed by atoms with Crippen LogP contribution in [-0.4, -0.2) is 21.0 Å². The average Bonchev–Trinajstić information content (AvgIpc) is 1.85. The van der Waals surface area contributed by atoms with Crippen molar-refractivity contribution in [2.45, 2.75) is 33.0 Å². The highest BCUT2D eigenvalue weighted by molar-refractivity contribution is 7.81. The van der Waals surface area contributed by atoms with Gasteiger partial charge in [-0.3, -0.25) is 11.1 Å². The Hall–Kier alpha value is -0.0200. The van der Waals surface area contributed by atoms with Gasteiger partial charge >= 0.3 is 7.72 Å². The third-order valence-corrected chi connectivity index (χ3v) is 3.68. The van der Waals surface area contributed by atoms with E-state index in [1.165, 1.54) is 6.92 Å². The van der Waals surface area contributed by atoms with Crippen LogP contribution in [0.5, 0.6) is 0 Å². The summed E-state index contributed by atoms with van der Waals surface area (Å²) in [6.07, 6.45) is 0.405. The molecule has 5 N–H and O–H groups in total. The molecule has 0 heterocycles. The quantitative estimate of drug-likeness (QED) is 0.398. The molecule has 0 aliphatic heterocycles. The summed E-state index contributed by atoms with van der Waals surface area (Å²) in [6, 6.07) is 0. The minimum atomic E-state index is -3.30. The molecule has 0 bridgehead atoms. The Morgan fingerprint density at radius 3 is 2.08 bits per heavy atom. The van der Waals surface area contributed by atoms with E-state index in [0.29, 0.717) is 6.42 Å². The van der Waals surface area contributed by atoms with Gasteiger partial charge in [0.05, 0.1) is 0 Å². The summed E-state index contributed by atoms with van der Waals surface area (Å²) in [5.74, 6) is -0.460. The van der Waals surface area contributed by atoms with Crippen LogP contribution < -0.4 is 5.73 Å². The Morgan fingerprint density at radius 1 is 1.42 bits per heavy atom. The summed E-state index contributed by atoms with van der Waals surface area (Å²) < 4.78 is 0. The van der Waals surface area contributed by atoms with Crippen LogP contribution in [0.4, 0.5) is 0 Å². The van der Waals surface area contributed by atoms with E-state index < -0.39 is 13.5 Å². The summed E-state index contributed by atoms with van der Waals surface area (Å²) in [5.41, 5.74) is 5.35. The highest BCUT2D eigenvalue weighted by Crippen LogP contribution is 2.54. The number of rotatable bonds is 4. The molecule has 12 heavy (non-hydrogen) atoms. The van der Waals surface area contributed by atoms with E-state index in [4.69, 9.17) is 11.1 Å². The van der Waals surface area contributed by atoms with Crippen molar-refractivity contribution in [3.05, 3.63) is 0 Å². The van der Waals surface area contributed by atoms with Crippen LogP contribution in [0.15, 0.2) is 0 Å². The van der Waals surface area contributed by atoms with E-state index in [1.807, 2.05) is 13.8 Å². The van der Waals surface area contributed by atoms with Gasteiger partial charge in [-0.05, 0) is 12.8 Å². The Bertz CT molecular complexity index is 169. The van der Waals surface area contributed by atoms with Crippen molar-refractivity contribution >= 4 is 13.2 Å². The molecule has 1 unspecified atom stereocenters. The van der Waals surface area contributed by atoms with Crippen molar-refractivity contribution in [1.29, 1.82) is 5.41 Å². The van der Waals surface area contributed by atoms with Gasteiger partial charge in [-0.15, -0.1) is 0 Å². The summed E-state index contributed by atoms with van der Waals surface area (Å²) in [5, 5.41) is 7.42. The molecule has 0 saturated carbocycles. The van der Waals surface area contributed by atoms with Crippen LogP contribution in [0.2, 0.25) is 0 Å². The van der Waals surface area contributed by atoms with Crippen LogP contribution in [0, 0.1) is 11.3 Å². The highest BCUT2D eigenvalue weighted by Gasteiger charge is 2.44. The van der Waals surface area contributed by atoms with Gasteiger partial charge in [0.25, 0.3) is 0 Å². The molecule has 72 valence electrons. The van der Waals surface area contributed by atoms with E-state index in [0.717, 1.165) is 0 Å². The Morgan fingerprint density at radius 2 is 1.83 bits per heavy atom. The number of hydrogen-bond acceptors (Lipinski definition) is 4. The maximum atomic E-state index is 9.43. The lowest BCUT2D eigenvalue weighted by molar-refractivity contribution is 0.451. The monoisotopic (exact) mass is 193 g/mol. The van der Waals surface area contributed by atoms with Crippen LogP contribution in [0.3, 0.4) is 0 Å². The Labute approximate surface area is 73.8 Å². The fourth-order valence-electron chi connectivity index (χ4n) is 0.767. The van der Waals surface area contributed by atoms with Crippen molar-refractivity contribution in [2.75, 3.05) is 0 Å². The van der Waals surface area contributed by atoms with Gasteiger partial charge in [0, 0.05) is 6.42 Å². The van der Waals surface area contributed by atoms with Crippen molar-refractivity contribution in [1.82, 2.24) is 0 Å². The van der Waals surface area contributed by atoms with Gasteiger partial charge in [-0.25, -0.2) is 9.79 Å². The molecule has 5 heteroatoms. The van der Waals surface area contributed by atoms with Crippen LogP contribution in [0.25, 0.3) is 0 Å². The first-order valence-electron chi connectivity index (χ1n) is 3.96. The van der Waals surface area contributed by atoms with E-state index in [1.54, 1.807) is 0 Å². The van der Waals surface area contributed by atoms with Gasteiger partial charge in [-0.1, -0.05) is 13.8 Å². The summed E-state index contributed by atoms with van der Waals surface area (Å²) in [6.45, 7) is 5.37. The lowest BCUT2D eigenvalue weighted by atomic mass is 10.1. The Kier molecular flexibility index (Phi) is 4.28. The first kappa shape index (κ1) is 12.0. The SMILES string of the molecule is CC(C)CC(=N)[P+](O)(O)C(C)N. The van der Waals surface area contributed by atoms with Crippen LogP contribution in [-0.2, 0) is 0 Å². The largest absolute Gasteiger partial charge is 0.331 e. The fraction of sp³-hybridized carbons (Fsp3) is 0.857. The van der Waals surface area contributed by atoms with E-state index in [9.17, 15) is 9.79 Å². The molecule has 0 fully saturated rings. The average molecular weight is 193 g/mol. The van der Waals surface area contributed by atoms with E-state index in [2.05, 4.69) is 0 Å². The molecule has 0 aliphatic rings. The second kappa shape index (κ2) is 4.28. The fourth-order valence-corrected chi connectivity index (χ4v) is 1.89. The minimum absolute atomic E-state index is 0.00694. The summed E-state index contributed by atoms with van der Waals surface area (Å²) >= 11 is 0. The van der Waals surface area contributed by atoms with E-state index >= 15 is 0 Å². The van der Waals surface area contributed by atoms with Crippen LogP contribution >= 0.6 is 7.72 Å². The maximum absolute atomic E-state index is 9.43. The van der Waals surface area contributed by atoms with Crippen molar-refractivity contribution in [2.24, 2.45) is 11.7 Å². The molecule has 0 amide bonds. The van der Waals surface area contributed by atoms with Gasteiger partial charge in [0.1, 0.15) is 0 Å². The smallest absolute Gasteiger partial charge is 0.292 e. The summed E-state index contributed by atoms with van der Waals surface area (Å²) in [7, 11) is -3.30. The molecule has 1 atom stereocenters. The topological polar surface area (TPSA) is 90.3 Å². The predicted molar refractivity (Wildman–Crippen MR) is 52.2 cm³/mol. The normalized spacial score (nSPS) is 14.9. The third-order valence-electron chi connectivity index (χ3n) is 1.57. The second-order valence-electron chi connectivity index (χ2n) is 3.43. The molecule has 4 nitrogen and oxygen atoms in total. The van der Waals surface area contributed by atoms with Crippen molar-refractivity contribution in [3.63, 3.8) is 0 Å². The zero-order valence-corrected chi connectivity index (χ0v) is 8.68. The minimum Gasteiger partial charge on any atom is -0.292 e. The lowest BCUT2D eigenvalue weighted by Crippen LogP contribution is -2.25. The third kappa shape index (κ3) is 3.15. The van der Waals surface area contributed by atoms with Gasteiger partial charge in [0.2, 0.25) is 5.45 Å². The molecule has 0 saturated heterocycles. The number of nitrogens with one attached hydrogen (secondary N) is 1.